The third kappa shape index (κ3) is 1.13. The summed E-state index contributed by atoms with van der Waals surface area (Å²) in [5.74, 6) is 0.921. The Morgan fingerprint density at radius 3 is 3.00 bits per heavy atom. The fourth-order valence-electron chi connectivity index (χ4n) is 1.54. The maximum Gasteiger partial charge on any atom is 0.105 e. The molecule has 12 heavy (non-hydrogen) atoms. The van der Waals surface area contributed by atoms with Crippen LogP contribution in [-0.2, 0) is 4.74 Å². The molecule has 1 aromatic rings. The molecule has 4 nitrogen and oxygen atoms in total. The van der Waals surface area contributed by atoms with Crippen molar-refractivity contribution in [2.24, 2.45) is 0 Å². The predicted molar refractivity (Wildman–Crippen MR) is 42.8 cm³/mol. The van der Waals surface area contributed by atoms with Crippen molar-refractivity contribution in [3.63, 3.8) is 0 Å². The summed E-state index contributed by atoms with van der Waals surface area (Å²) < 4.78 is 7.11. The van der Waals surface area contributed by atoms with E-state index in [0.717, 1.165) is 5.82 Å². The summed E-state index contributed by atoms with van der Waals surface area (Å²) >= 11 is 0. The number of nitrogens with zero attached hydrogens (tertiary/aromatic N) is 2. The second-order valence-corrected chi connectivity index (χ2v) is 3.05. The van der Waals surface area contributed by atoms with Gasteiger partial charge in [0.1, 0.15) is 11.9 Å². The minimum atomic E-state index is -0.391. The molecule has 1 aromatic heterocycles. The first-order valence-electron chi connectivity index (χ1n) is 4.04. The summed E-state index contributed by atoms with van der Waals surface area (Å²) in [6.45, 7) is 2.94. The molecule has 1 saturated heterocycles. The lowest BCUT2D eigenvalue weighted by atomic mass is 10.2. The monoisotopic (exact) mass is 168 g/mol. The average Bonchev–Trinajstić information content (AvgIpc) is 2.59. The summed E-state index contributed by atoms with van der Waals surface area (Å²) in [7, 11) is 0. The van der Waals surface area contributed by atoms with Crippen molar-refractivity contribution in [3.8, 4) is 0 Å². The Balaban J connectivity index is 2.24. The van der Waals surface area contributed by atoms with Crippen LogP contribution in [0.25, 0.3) is 0 Å². The van der Waals surface area contributed by atoms with Crippen LogP contribution < -0.4 is 0 Å². The number of rotatable bonds is 1. The minimum absolute atomic E-state index is 0.0486. The van der Waals surface area contributed by atoms with E-state index in [1.54, 1.807) is 6.20 Å². The molecular formula is C8H12N2O2. The molecule has 66 valence electrons. The largest absolute Gasteiger partial charge is 0.388 e. The lowest BCUT2D eigenvalue weighted by molar-refractivity contribution is 0.119. The molecule has 1 N–H and O–H groups in total. The Hall–Kier alpha value is -0.870. The van der Waals surface area contributed by atoms with Crippen molar-refractivity contribution in [1.82, 2.24) is 9.55 Å². The van der Waals surface area contributed by atoms with Gasteiger partial charge in [0.05, 0.1) is 19.3 Å². The van der Waals surface area contributed by atoms with Gasteiger partial charge in [0, 0.05) is 12.4 Å². The molecule has 4 heteroatoms. The number of ether oxygens (including phenoxy) is 1. The molecule has 0 radical (unpaired) electrons. The molecule has 0 aromatic carbocycles. The van der Waals surface area contributed by atoms with Crippen LogP contribution in [0.1, 0.15) is 11.9 Å². The Morgan fingerprint density at radius 2 is 2.50 bits per heavy atom. The zero-order chi connectivity index (χ0) is 8.55. The van der Waals surface area contributed by atoms with Gasteiger partial charge >= 0.3 is 0 Å². The first-order chi connectivity index (χ1) is 5.79. The lowest BCUT2D eigenvalue weighted by Gasteiger charge is -2.15. The van der Waals surface area contributed by atoms with Gasteiger partial charge in [0.25, 0.3) is 0 Å². The van der Waals surface area contributed by atoms with E-state index in [1.807, 2.05) is 17.7 Å². The van der Waals surface area contributed by atoms with Gasteiger partial charge < -0.3 is 14.4 Å². The molecular weight excluding hydrogens is 156 g/mol. The average molecular weight is 168 g/mol. The predicted octanol–water partition coefficient (Wildman–Crippen LogP) is 0.124. The molecule has 1 fully saturated rings. The number of hydrogen-bond acceptors (Lipinski definition) is 3. The van der Waals surface area contributed by atoms with Gasteiger partial charge in [-0.25, -0.2) is 4.98 Å². The van der Waals surface area contributed by atoms with Gasteiger partial charge in [-0.1, -0.05) is 0 Å². The molecule has 2 atom stereocenters. The van der Waals surface area contributed by atoms with Crippen molar-refractivity contribution < 1.29 is 9.84 Å². The summed E-state index contributed by atoms with van der Waals surface area (Å²) in [5, 5.41) is 9.51. The first kappa shape index (κ1) is 7.76. The van der Waals surface area contributed by atoms with Gasteiger partial charge in [-0.3, -0.25) is 0 Å². The number of hydrogen-bond donors (Lipinski definition) is 1. The Labute approximate surface area is 70.8 Å². The second-order valence-electron chi connectivity index (χ2n) is 3.05. The van der Waals surface area contributed by atoms with Crippen molar-refractivity contribution in [3.05, 3.63) is 18.2 Å². The molecule has 0 saturated carbocycles. The van der Waals surface area contributed by atoms with Crippen molar-refractivity contribution >= 4 is 0 Å². The van der Waals surface area contributed by atoms with Crippen LogP contribution in [0.4, 0.5) is 0 Å². The molecule has 0 aliphatic carbocycles. The van der Waals surface area contributed by atoms with E-state index in [0.29, 0.717) is 13.2 Å². The molecule has 2 heterocycles. The van der Waals surface area contributed by atoms with Crippen molar-refractivity contribution in [2.45, 2.75) is 19.1 Å². The van der Waals surface area contributed by atoms with Crippen LogP contribution in [0.15, 0.2) is 12.4 Å². The van der Waals surface area contributed by atoms with E-state index in [-0.39, 0.29) is 6.04 Å². The molecule has 0 unspecified atom stereocenters. The third-order valence-corrected chi connectivity index (χ3v) is 2.24. The van der Waals surface area contributed by atoms with E-state index in [9.17, 15) is 5.11 Å². The molecule has 0 amide bonds. The Bertz CT molecular complexity index is 272. The highest BCUT2D eigenvalue weighted by Gasteiger charge is 2.28. The SMILES string of the molecule is Cc1nccn1[C@H]1COC[C@H]1O. The van der Waals surface area contributed by atoms with Crippen molar-refractivity contribution in [1.29, 1.82) is 0 Å². The van der Waals surface area contributed by atoms with Gasteiger partial charge in [0.2, 0.25) is 0 Å². The fourth-order valence-corrected chi connectivity index (χ4v) is 1.54. The van der Waals surface area contributed by atoms with Crippen molar-refractivity contribution in [2.75, 3.05) is 13.2 Å². The highest BCUT2D eigenvalue weighted by molar-refractivity contribution is 4.95. The topological polar surface area (TPSA) is 47.3 Å². The van der Waals surface area contributed by atoms with Crippen LogP contribution in [0, 0.1) is 6.92 Å². The number of aliphatic hydroxyl groups excluding tert-OH is 1. The zero-order valence-electron chi connectivity index (χ0n) is 6.97. The lowest BCUT2D eigenvalue weighted by Crippen LogP contribution is -2.22. The molecule has 1 aliphatic heterocycles. The third-order valence-electron chi connectivity index (χ3n) is 2.24. The maximum absolute atomic E-state index is 9.51. The minimum Gasteiger partial charge on any atom is -0.388 e. The van der Waals surface area contributed by atoms with Gasteiger partial charge in [-0.15, -0.1) is 0 Å². The first-order valence-corrected chi connectivity index (χ1v) is 4.04. The molecule has 0 spiro atoms. The van der Waals surface area contributed by atoms with Crippen LogP contribution in [0.5, 0.6) is 0 Å². The van der Waals surface area contributed by atoms with Crippen LogP contribution >= 0.6 is 0 Å². The smallest absolute Gasteiger partial charge is 0.105 e. The molecule has 0 bridgehead atoms. The molecule has 2 rings (SSSR count). The molecule has 1 aliphatic rings. The van der Waals surface area contributed by atoms with Gasteiger partial charge in [-0.05, 0) is 6.92 Å². The Morgan fingerprint density at radius 1 is 1.67 bits per heavy atom. The quantitative estimate of drug-likeness (QED) is 0.648. The number of aliphatic hydroxyl groups is 1. The summed E-state index contributed by atoms with van der Waals surface area (Å²) in [4.78, 5) is 4.09. The van der Waals surface area contributed by atoms with E-state index in [4.69, 9.17) is 4.74 Å². The maximum atomic E-state index is 9.51. The van der Waals surface area contributed by atoms with E-state index >= 15 is 0 Å². The highest BCUT2D eigenvalue weighted by Crippen LogP contribution is 2.20. The van der Waals surface area contributed by atoms with Gasteiger partial charge in [0.15, 0.2) is 0 Å². The standard InChI is InChI=1S/C8H12N2O2/c1-6-9-2-3-10(6)7-4-12-5-8(7)11/h2-3,7-8,11H,4-5H2,1H3/t7-,8+/m0/s1. The fraction of sp³-hybridized carbons (Fsp3) is 0.625. The zero-order valence-corrected chi connectivity index (χ0v) is 6.97. The van der Waals surface area contributed by atoms with E-state index in [1.165, 1.54) is 0 Å². The summed E-state index contributed by atoms with van der Waals surface area (Å²) in [6, 6.07) is 0.0486. The second kappa shape index (κ2) is 2.88. The van der Waals surface area contributed by atoms with E-state index < -0.39 is 6.10 Å². The summed E-state index contributed by atoms with van der Waals surface area (Å²) in [6.07, 6.45) is 3.22. The number of imidazole rings is 1. The summed E-state index contributed by atoms with van der Waals surface area (Å²) in [5.41, 5.74) is 0. The van der Waals surface area contributed by atoms with E-state index in [2.05, 4.69) is 4.98 Å². The van der Waals surface area contributed by atoms with Crippen LogP contribution in [0.2, 0.25) is 0 Å². The van der Waals surface area contributed by atoms with Crippen LogP contribution in [0.3, 0.4) is 0 Å². The highest BCUT2D eigenvalue weighted by atomic mass is 16.5. The van der Waals surface area contributed by atoms with Gasteiger partial charge in [-0.2, -0.15) is 0 Å². The Kier molecular flexibility index (Phi) is 1.86. The normalized spacial score (nSPS) is 29.5. The number of aryl methyl sites for hydroxylation is 1. The van der Waals surface area contributed by atoms with Crippen LogP contribution in [-0.4, -0.2) is 34.0 Å². The number of aromatic nitrogens is 2.